The predicted molar refractivity (Wildman–Crippen MR) is 190 cm³/mol. The van der Waals surface area contributed by atoms with Crippen LogP contribution in [0.3, 0.4) is 0 Å². The molecular formula is C41H50N6. The lowest BCUT2D eigenvalue weighted by Crippen LogP contribution is -2.23. The molecule has 0 radical (unpaired) electrons. The van der Waals surface area contributed by atoms with Crippen molar-refractivity contribution in [3.63, 3.8) is 0 Å². The number of hydrogen-bond donors (Lipinski definition) is 4. The van der Waals surface area contributed by atoms with Crippen molar-refractivity contribution < 1.29 is 0 Å². The highest BCUT2D eigenvalue weighted by Gasteiger charge is 2.47. The molecule has 9 rings (SSSR count). The molecule has 0 aromatic carbocycles. The molecule has 4 N–H and O–H groups in total. The summed E-state index contributed by atoms with van der Waals surface area (Å²) in [5.41, 5.74) is 13.8. The van der Waals surface area contributed by atoms with Gasteiger partial charge in [-0.15, -0.1) is 0 Å². The summed E-state index contributed by atoms with van der Waals surface area (Å²) in [5.74, 6) is 5.42. The van der Waals surface area contributed by atoms with E-state index in [-0.39, 0.29) is 6.04 Å². The van der Waals surface area contributed by atoms with Crippen LogP contribution in [0.2, 0.25) is 0 Å². The Bertz CT molecular complexity index is 1900. The summed E-state index contributed by atoms with van der Waals surface area (Å²) in [4.78, 5) is 17.0. The van der Waals surface area contributed by atoms with E-state index in [2.05, 4.69) is 53.0 Å². The summed E-state index contributed by atoms with van der Waals surface area (Å²) < 4.78 is 0. The first-order chi connectivity index (χ1) is 22.8. The SMILES string of the molecule is C=C(/C=c1/nc([C@@H]2CCCN2)[nH]c1=C)C(=C)C1=C(C(=C)C2=C3C(=C(c4cnc([C@@H]5C[C@H](C)CN5)[nH]4)CC2)CC2CCC32)C2CCC1C2. The van der Waals surface area contributed by atoms with Gasteiger partial charge >= 0.3 is 0 Å². The number of rotatable bonds is 8. The van der Waals surface area contributed by atoms with E-state index < -0.39 is 0 Å². The van der Waals surface area contributed by atoms with Gasteiger partial charge in [0.1, 0.15) is 11.6 Å². The molecule has 3 saturated carbocycles. The van der Waals surface area contributed by atoms with E-state index in [0.29, 0.717) is 29.7 Å². The number of hydrogen-bond acceptors (Lipinski definition) is 4. The van der Waals surface area contributed by atoms with E-state index in [9.17, 15) is 0 Å². The van der Waals surface area contributed by atoms with Crippen LogP contribution >= 0.6 is 0 Å². The number of H-pyrrole nitrogens is 2. The third-order valence-corrected chi connectivity index (χ3v) is 13.0. The number of aromatic amines is 2. The second-order valence-corrected chi connectivity index (χ2v) is 15.8. The van der Waals surface area contributed by atoms with Crippen molar-refractivity contribution in [2.75, 3.05) is 13.1 Å². The quantitative estimate of drug-likeness (QED) is 0.243. The van der Waals surface area contributed by atoms with Crippen molar-refractivity contribution in [2.45, 2.75) is 89.6 Å². The van der Waals surface area contributed by atoms with Crippen molar-refractivity contribution >= 4 is 18.2 Å². The zero-order valence-corrected chi connectivity index (χ0v) is 28.1. The Morgan fingerprint density at radius 2 is 1.74 bits per heavy atom. The van der Waals surface area contributed by atoms with Gasteiger partial charge in [-0.05, 0) is 170 Å². The second-order valence-electron chi connectivity index (χ2n) is 15.8. The predicted octanol–water partition coefficient (Wildman–Crippen LogP) is 6.79. The second kappa shape index (κ2) is 11.3. The number of aromatic nitrogens is 4. The molecule has 2 saturated heterocycles. The normalized spacial score (nSPS) is 33.2. The van der Waals surface area contributed by atoms with Crippen LogP contribution in [-0.4, -0.2) is 33.0 Å². The van der Waals surface area contributed by atoms with Gasteiger partial charge in [-0.3, -0.25) is 0 Å². The van der Waals surface area contributed by atoms with Crippen molar-refractivity contribution in [3.8, 4) is 0 Å². The average Bonchev–Trinajstić information content (AvgIpc) is 3.89. The van der Waals surface area contributed by atoms with Crippen LogP contribution in [0.5, 0.6) is 0 Å². The molecule has 4 heterocycles. The highest BCUT2D eigenvalue weighted by atomic mass is 15.0. The fraction of sp³-hybridized carbons (Fsp3) is 0.512. The number of nitrogens with one attached hydrogen (secondary N) is 4. The third kappa shape index (κ3) is 4.81. The van der Waals surface area contributed by atoms with Crippen molar-refractivity contribution in [1.82, 2.24) is 30.6 Å². The molecule has 2 bridgehead atoms. The van der Waals surface area contributed by atoms with Crippen molar-refractivity contribution in [2.24, 2.45) is 29.6 Å². The molecule has 7 aliphatic rings. The van der Waals surface area contributed by atoms with Gasteiger partial charge in [0.15, 0.2) is 0 Å². The molecule has 2 aliphatic heterocycles. The lowest BCUT2D eigenvalue weighted by Gasteiger charge is -2.34. The monoisotopic (exact) mass is 626 g/mol. The number of fused-ring (bicyclic) bond motifs is 5. The summed E-state index contributed by atoms with van der Waals surface area (Å²) in [5, 5.41) is 8.94. The van der Waals surface area contributed by atoms with Crippen LogP contribution in [0.4, 0.5) is 0 Å². The maximum Gasteiger partial charge on any atom is 0.124 e. The van der Waals surface area contributed by atoms with E-state index in [4.69, 9.17) is 23.1 Å². The first kappa shape index (κ1) is 29.6. The van der Waals surface area contributed by atoms with Crippen molar-refractivity contribution in [3.05, 3.63) is 98.6 Å². The van der Waals surface area contributed by atoms with Crippen LogP contribution in [0, 0.1) is 29.6 Å². The van der Waals surface area contributed by atoms with Gasteiger partial charge in [0, 0.05) is 0 Å². The van der Waals surface area contributed by atoms with E-state index in [1.54, 1.807) is 16.7 Å². The number of allylic oxidation sites excluding steroid dienone is 9. The summed E-state index contributed by atoms with van der Waals surface area (Å²) >= 11 is 0. The zero-order chi connectivity index (χ0) is 32.0. The first-order valence-corrected chi connectivity index (χ1v) is 18.4. The van der Waals surface area contributed by atoms with E-state index in [1.807, 2.05) is 0 Å². The minimum atomic E-state index is 0.288. The topological polar surface area (TPSA) is 81.4 Å². The van der Waals surface area contributed by atoms with Crippen LogP contribution < -0.4 is 21.3 Å². The van der Waals surface area contributed by atoms with Crippen molar-refractivity contribution in [1.29, 1.82) is 0 Å². The Kier molecular flexibility index (Phi) is 7.13. The maximum atomic E-state index is 4.94. The fourth-order valence-electron chi connectivity index (χ4n) is 10.4. The molecule has 0 amide bonds. The Hall–Kier alpha value is -3.48. The van der Waals surface area contributed by atoms with Gasteiger partial charge in [0.2, 0.25) is 0 Å². The summed E-state index contributed by atoms with van der Waals surface area (Å²) in [6.07, 6.45) is 17.4. The molecule has 0 spiro atoms. The van der Waals surface area contributed by atoms with Crippen LogP contribution in [0.25, 0.3) is 18.2 Å². The van der Waals surface area contributed by atoms with Gasteiger partial charge in [0.25, 0.3) is 0 Å². The summed E-state index contributed by atoms with van der Waals surface area (Å²) in [7, 11) is 0. The fourth-order valence-corrected chi connectivity index (χ4v) is 10.4. The van der Waals surface area contributed by atoms with Crippen LogP contribution in [-0.2, 0) is 0 Å². The third-order valence-electron chi connectivity index (χ3n) is 13.0. The number of nitrogens with zero attached hydrogens (tertiary/aromatic N) is 2. The molecule has 2 aromatic heterocycles. The van der Waals surface area contributed by atoms with Crippen LogP contribution in [0.1, 0.15) is 107 Å². The highest BCUT2D eigenvalue weighted by Crippen LogP contribution is 2.61. The average molecular weight is 627 g/mol. The largest absolute Gasteiger partial charge is 0.341 e. The molecule has 7 atom stereocenters. The minimum Gasteiger partial charge on any atom is -0.341 e. The molecule has 5 aliphatic carbocycles. The lowest BCUT2D eigenvalue weighted by molar-refractivity contribution is 0.248. The van der Waals surface area contributed by atoms with Gasteiger partial charge < -0.3 is 20.6 Å². The molecule has 244 valence electrons. The Balaban J connectivity index is 1.06. The molecule has 2 aromatic rings. The lowest BCUT2D eigenvalue weighted by atomic mass is 9.70. The Morgan fingerprint density at radius 1 is 0.894 bits per heavy atom. The van der Waals surface area contributed by atoms with Gasteiger partial charge in [0.05, 0.1) is 34.7 Å². The van der Waals surface area contributed by atoms with E-state index >= 15 is 0 Å². The van der Waals surface area contributed by atoms with Crippen LogP contribution in [0.15, 0.2) is 70.5 Å². The molecular weight excluding hydrogens is 576 g/mol. The Labute approximate surface area is 279 Å². The van der Waals surface area contributed by atoms with Gasteiger partial charge in [-0.25, -0.2) is 9.97 Å². The summed E-state index contributed by atoms with van der Waals surface area (Å²) in [6, 6.07) is 0.636. The zero-order valence-electron chi connectivity index (χ0n) is 28.1. The molecule has 5 fully saturated rings. The summed E-state index contributed by atoms with van der Waals surface area (Å²) in [6.45, 7) is 22.9. The molecule has 6 nitrogen and oxygen atoms in total. The first-order valence-electron chi connectivity index (χ1n) is 18.4. The van der Waals surface area contributed by atoms with E-state index in [0.717, 1.165) is 78.2 Å². The molecule has 47 heavy (non-hydrogen) atoms. The highest BCUT2D eigenvalue weighted by molar-refractivity contribution is 5.77. The smallest absolute Gasteiger partial charge is 0.124 e. The van der Waals surface area contributed by atoms with E-state index in [1.165, 1.54) is 72.9 Å². The van der Waals surface area contributed by atoms with Gasteiger partial charge in [-0.1, -0.05) is 33.2 Å². The standard InChI is InChI=1S/C41H50N6/c1-21-15-35(43-19-21)40-44-20-36(47-40)31-13-12-29(39-30-11-10-26(30)18-32(31)39)24(4)38-28-9-8-27(17-28)37(38)23(3)22(2)16-34-25(5)45-41(46-34)33-7-6-14-42-33/h16,20-21,26-28,30,33,35,42-43H,2-15,17-19H2,1H3,(H,44,47)(H,45,46)/b34-16+/t21-,26?,27?,28?,30?,33-,35-/m0/s1. The van der Waals surface area contributed by atoms with Gasteiger partial charge in [-0.2, -0.15) is 0 Å². The maximum absolute atomic E-state index is 4.94. The number of imidazole rings is 2. The molecule has 6 heteroatoms. The minimum absolute atomic E-state index is 0.288. The molecule has 4 unspecified atom stereocenters. The Morgan fingerprint density at radius 3 is 2.49 bits per heavy atom.